The number of aliphatic hydroxyl groups excluding tert-OH is 2. The van der Waals surface area contributed by atoms with Gasteiger partial charge in [0.15, 0.2) is 0 Å². The van der Waals surface area contributed by atoms with Crippen LogP contribution < -0.4 is 11.1 Å². The molecular weight excluding hydrogens is 418 g/mol. The second-order valence-electron chi connectivity index (χ2n) is 10.2. The molecule has 0 aromatic carbocycles. The molecule has 0 aromatic rings. The van der Waals surface area contributed by atoms with Crippen molar-refractivity contribution in [2.45, 2.75) is 91.3 Å². The molecule has 200 valence electrons. The summed E-state index contributed by atoms with van der Waals surface area (Å²) in [6.07, 6.45) is 8.54. The molecule has 0 aliphatic carbocycles. The van der Waals surface area contributed by atoms with Gasteiger partial charge in [-0.05, 0) is 24.7 Å². The number of rotatable bonds is 25. The Bertz CT molecular complexity index is 400. The minimum absolute atomic E-state index is 0.367. The maximum atomic E-state index is 10.3. The highest BCUT2D eigenvalue weighted by molar-refractivity contribution is 4.67. The van der Waals surface area contributed by atoms with Gasteiger partial charge in [0.05, 0.1) is 25.4 Å². The van der Waals surface area contributed by atoms with Crippen LogP contribution in [0.25, 0.3) is 0 Å². The molecule has 0 radical (unpaired) electrons. The molecule has 7 nitrogen and oxygen atoms in total. The molecule has 33 heavy (non-hydrogen) atoms. The molecule has 0 fully saturated rings. The van der Waals surface area contributed by atoms with Gasteiger partial charge >= 0.3 is 0 Å². The first-order valence-electron chi connectivity index (χ1n) is 13.5. The zero-order valence-electron chi connectivity index (χ0n) is 22.3. The first-order valence-corrected chi connectivity index (χ1v) is 13.5. The number of nitrogens with two attached hydrogens (primary N) is 1. The molecule has 0 aliphatic heterocycles. The summed E-state index contributed by atoms with van der Waals surface area (Å²) in [5.41, 5.74) is 5.73. The molecule has 0 heterocycles. The lowest BCUT2D eigenvalue weighted by Gasteiger charge is -2.25. The van der Waals surface area contributed by atoms with Crippen molar-refractivity contribution < 1.29 is 19.7 Å². The van der Waals surface area contributed by atoms with Gasteiger partial charge in [-0.2, -0.15) is 0 Å². The van der Waals surface area contributed by atoms with E-state index in [2.05, 4.69) is 37.9 Å². The molecule has 5 N–H and O–H groups in total. The third-order valence-electron chi connectivity index (χ3n) is 5.66. The number of unbranched alkanes of at least 4 members (excludes halogenated alkanes) is 4. The first-order chi connectivity index (χ1) is 15.8. The van der Waals surface area contributed by atoms with Crippen LogP contribution in [0.2, 0.25) is 0 Å². The summed E-state index contributed by atoms with van der Waals surface area (Å²) in [6, 6.07) is 0. The second-order valence-corrected chi connectivity index (χ2v) is 10.2. The topological polar surface area (TPSA) is 100 Å². The average molecular weight is 476 g/mol. The highest BCUT2D eigenvalue weighted by Crippen LogP contribution is 2.09. The lowest BCUT2D eigenvalue weighted by molar-refractivity contribution is 0.0154. The normalized spacial score (nSPS) is 14.0. The van der Waals surface area contributed by atoms with Gasteiger partial charge in [0.2, 0.25) is 0 Å². The van der Waals surface area contributed by atoms with Crippen LogP contribution in [0.5, 0.6) is 0 Å². The van der Waals surface area contributed by atoms with Crippen LogP contribution in [-0.4, -0.2) is 93.0 Å². The molecule has 0 spiro atoms. The minimum Gasteiger partial charge on any atom is -0.389 e. The van der Waals surface area contributed by atoms with Crippen molar-refractivity contribution in [2.75, 3.05) is 65.7 Å². The maximum absolute atomic E-state index is 10.3. The Labute approximate surface area is 204 Å². The fraction of sp³-hybridized carbons (Fsp3) is 1.00. The number of aliphatic hydroxyl groups is 2. The van der Waals surface area contributed by atoms with E-state index in [9.17, 15) is 10.2 Å². The van der Waals surface area contributed by atoms with Gasteiger partial charge in [0.1, 0.15) is 0 Å². The van der Waals surface area contributed by atoms with E-state index in [1.54, 1.807) is 0 Å². The third-order valence-corrected chi connectivity index (χ3v) is 5.66. The van der Waals surface area contributed by atoms with Gasteiger partial charge in [0.25, 0.3) is 0 Å². The Morgan fingerprint density at radius 2 is 1.30 bits per heavy atom. The molecule has 0 amide bonds. The molecule has 0 aromatic heterocycles. The monoisotopic (exact) mass is 475 g/mol. The Morgan fingerprint density at radius 1 is 0.758 bits per heavy atom. The number of ether oxygens (including phenoxy) is 2. The van der Waals surface area contributed by atoms with Crippen LogP contribution in [0.15, 0.2) is 0 Å². The minimum atomic E-state index is -0.508. The number of hydrogen-bond donors (Lipinski definition) is 4. The molecule has 2 atom stereocenters. The maximum Gasteiger partial charge on any atom is 0.0900 e. The van der Waals surface area contributed by atoms with Gasteiger partial charge in [-0.15, -0.1) is 0 Å². The number of nitrogens with zero attached hydrogens (tertiary/aromatic N) is 1. The molecule has 0 saturated heterocycles. The van der Waals surface area contributed by atoms with Crippen LogP contribution >= 0.6 is 0 Å². The highest BCUT2D eigenvalue weighted by Gasteiger charge is 2.12. The van der Waals surface area contributed by atoms with Crippen LogP contribution in [-0.2, 0) is 9.47 Å². The van der Waals surface area contributed by atoms with Gasteiger partial charge in [-0.3, -0.25) is 4.90 Å². The van der Waals surface area contributed by atoms with Crippen molar-refractivity contribution in [3.63, 3.8) is 0 Å². The molecule has 0 saturated carbocycles. The van der Waals surface area contributed by atoms with Crippen molar-refractivity contribution in [1.29, 1.82) is 0 Å². The summed E-state index contributed by atoms with van der Waals surface area (Å²) in [5.74, 6) is 1.53. The van der Waals surface area contributed by atoms with Crippen LogP contribution in [0, 0.1) is 11.8 Å². The van der Waals surface area contributed by atoms with E-state index >= 15 is 0 Å². The van der Waals surface area contributed by atoms with Crippen molar-refractivity contribution in [3.05, 3.63) is 0 Å². The molecule has 7 heteroatoms. The van der Waals surface area contributed by atoms with Crippen molar-refractivity contribution in [1.82, 2.24) is 10.2 Å². The molecule has 0 aliphatic rings. The summed E-state index contributed by atoms with van der Waals surface area (Å²) < 4.78 is 11.2. The van der Waals surface area contributed by atoms with Crippen molar-refractivity contribution >= 4 is 0 Å². The SMILES string of the molecule is CC(C)CCCCCOCC(O)CNCCN(CCN)CC(O)COCCCCCC(C)C. The Morgan fingerprint density at radius 3 is 1.82 bits per heavy atom. The van der Waals surface area contributed by atoms with Crippen molar-refractivity contribution in [2.24, 2.45) is 17.6 Å². The van der Waals surface area contributed by atoms with Gasteiger partial charge in [-0.25, -0.2) is 0 Å². The summed E-state index contributed by atoms with van der Waals surface area (Å²) in [7, 11) is 0. The van der Waals surface area contributed by atoms with E-state index in [0.29, 0.717) is 39.5 Å². The van der Waals surface area contributed by atoms with Gasteiger partial charge < -0.3 is 30.7 Å². The van der Waals surface area contributed by atoms with E-state index in [1.807, 2.05) is 0 Å². The van der Waals surface area contributed by atoms with E-state index in [4.69, 9.17) is 15.2 Å². The molecule has 0 rings (SSSR count). The lowest BCUT2D eigenvalue weighted by Crippen LogP contribution is -2.42. The van der Waals surface area contributed by atoms with Gasteiger partial charge in [0, 0.05) is 52.5 Å². The number of nitrogens with one attached hydrogen (secondary N) is 1. The Balaban J connectivity index is 3.72. The van der Waals surface area contributed by atoms with E-state index in [0.717, 1.165) is 50.9 Å². The summed E-state index contributed by atoms with van der Waals surface area (Å²) in [4.78, 5) is 2.14. The quantitative estimate of drug-likeness (QED) is 0.151. The Kier molecular flexibility index (Phi) is 23.3. The van der Waals surface area contributed by atoms with Crippen LogP contribution in [0.1, 0.15) is 79.1 Å². The standard InChI is InChI=1S/C26H57N3O4/c1-23(2)11-7-5-9-17-32-21-25(30)19-28-14-16-29(15-13-27)20-26(31)22-33-18-10-6-8-12-24(3)4/h23-26,28,30-31H,5-22,27H2,1-4H3. The summed E-state index contributed by atoms with van der Waals surface area (Å²) >= 11 is 0. The van der Waals surface area contributed by atoms with Crippen LogP contribution in [0.4, 0.5) is 0 Å². The second kappa shape index (κ2) is 23.5. The van der Waals surface area contributed by atoms with Crippen molar-refractivity contribution in [3.8, 4) is 0 Å². The predicted octanol–water partition coefficient (Wildman–Crippen LogP) is 3.02. The first kappa shape index (κ1) is 32.7. The van der Waals surface area contributed by atoms with Gasteiger partial charge in [-0.1, -0.05) is 66.2 Å². The number of hydrogen-bond acceptors (Lipinski definition) is 7. The predicted molar refractivity (Wildman–Crippen MR) is 139 cm³/mol. The largest absolute Gasteiger partial charge is 0.389 e. The highest BCUT2D eigenvalue weighted by atomic mass is 16.5. The smallest absolute Gasteiger partial charge is 0.0900 e. The van der Waals surface area contributed by atoms with E-state index in [-0.39, 0.29) is 0 Å². The van der Waals surface area contributed by atoms with Crippen LogP contribution in [0.3, 0.4) is 0 Å². The Hall–Kier alpha value is -0.280. The zero-order chi connectivity index (χ0) is 24.7. The van der Waals surface area contributed by atoms with E-state index in [1.165, 1.54) is 38.5 Å². The van der Waals surface area contributed by atoms with E-state index < -0.39 is 12.2 Å². The molecule has 2 unspecified atom stereocenters. The average Bonchev–Trinajstić information content (AvgIpc) is 2.75. The summed E-state index contributed by atoms with van der Waals surface area (Å²) in [5, 5.41) is 23.6. The summed E-state index contributed by atoms with van der Waals surface area (Å²) in [6.45, 7) is 15.0. The molecule has 0 bridgehead atoms. The lowest BCUT2D eigenvalue weighted by atomic mass is 10.1. The third kappa shape index (κ3) is 24.6. The molecular formula is C26H57N3O4. The fourth-order valence-corrected chi connectivity index (χ4v) is 3.70. The zero-order valence-corrected chi connectivity index (χ0v) is 22.3. The fourth-order valence-electron chi connectivity index (χ4n) is 3.70.